The van der Waals surface area contributed by atoms with Crippen molar-refractivity contribution in [2.75, 3.05) is 26.7 Å². The largest absolute Gasteiger partial charge is 0.494 e. The standard InChI is InChI=1S/C15H22N2O2/c1-5-17-10-13(16(4)15(17)18)12-7-8-14(19-6-2)11(3)9-12/h7-9,13H,5-6,10H2,1-4H3. The van der Waals surface area contributed by atoms with Crippen LogP contribution in [0.25, 0.3) is 0 Å². The SMILES string of the molecule is CCOc1ccc(C2CN(CC)C(=O)N2C)cc1C. The van der Waals surface area contributed by atoms with Crippen LogP contribution in [0.4, 0.5) is 4.79 Å². The van der Waals surface area contributed by atoms with Gasteiger partial charge in [0.05, 0.1) is 12.6 Å². The number of carbonyl (C=O) groups excluding carboxylic acids is 1. The summed E-state index contributed by atoms with van der Waals surface area (Å²) in [7, 11) is 1.87. The van der Waals surface area contributed by atoms with E-state index in [1.807, 2.05) is 43.7 Å². The van der Waals surface area contributed by atoms with Crippen molar-refractivity contribution in [2.24, 2.45) is 0 Å². The number of aryl methyl sites for hydroxylation is 1. The van der Waals surface area contributed by atoms with Crippen LogP contribution in [0.5, 0.6) is 5.75 Å². The Morgan fingerprint density at radius 1 is 1.37 bits per heavy atom. The number of urea groups is 1. The molecule has 0 radical (unpaired) electrons. The zero-order valence-electron chi connectivity index (χ0n) is 12.1. The van der Waals surface area contributed by atoms with Gasteiger partial charge >= 0.3 is 6.03 Å². The van der Waals surface area contributed by atoms with Gasteiger partial charge in [-0.1, -0.05) is 12.1 Å². The van der Waals surface area contributed by atoms with Crippen LogP contribution in [0, 0.1) is 6.92 Å². The quantitative estimate of drug-likeness (QED) is 0.836. The van der Waals surface area contributed by atoms with Crippen LogP contribution in [-0.4, -0.2) is 42.6 Å². The molecule has 4 heteroatoms. The highest BCUT2D eigenvalue weighted by Gasteiger charge is 2.34. The summed E-state index contributed by atoms with van der Waals surface area (Å²) in [5, 5.41) is 0. The third kappa shape index (κ3) is 2.53. The lowest BCUT2D eigenvalue weighted by Gasteiger charge is -2.19. The van der Waals surface area contributed by atoms with Gasteiger partial charge in [-0.15, -0.1) is 0 Å². The first kappa shape index (κ1) is 13.7. The predicted molar refractivity (Wildman–Crippen MR) is 75.5 cm³/mol. The van der Waals surface area contributed by atoms with Gasteiger partial charge in [0.2, 0.25) is 0 Å². The van der Waals surface area contributed by atoms with E-state index in [9.17, 15) is 4.79 Å². The van der Waals surface area contributed by atoms with E-state index >= 15 is 0 Å². The number of ether oxygens (including phenoxy) is 1. The maximum atomic E-state index is 12.0. The Balaban J connectivity index is 2.23. The number of benzene rings is 1. The number of nitrogens with zero attached hydrogens (tertiary/aromatic N) is 2. The summed E-state index contributed by atoms with van der Waals surface area (Å²) in [5.74, 6) is 0.922. The fraction of sp³-hybridized carbons (Fsp3) is 0.533. The van der Waals surface area contributed by atoms with Crippen LogP contribution in [-0.2, 0) is 0 Å². The molecule has 1 aromatic rings. The van der Waals surface area contributed by atoms with Gasteiger partial charge in [0.25, 0.3) is 0 Å². The number of hydrogen-bond acceptors (Lipinski definition) is 2. The molecule has 1 aromatic carbocycles. The molecular formula is C15H22N2O2. The Bertz CT molecular complexity index is 473. The van der Waals surface area contributed by atoms with E-state index in [1.54, 1.807) is 0 Å². The van der Waals surface area contributed by atoms with Crippen molar-refractivity contribution in [3.05, 3.63) is 29.3 Å². The minimum atomic E-state index is 0.110. The van der Waals surface area contributed by atoms with Crippen molar-refractivity contribution < 1.29 is 9.53 Å². The average Bonchev–Trinajstić information content (AvgIpc) is 2.69. The molecule has 1 aliphatic heterocycles. The van der Waals surface area contributed by atoms with Gasteiger partial charge in [-0.3, -0.25) is 0 Å². The Labute approximate surface area is 115 Å². The molecule has 0 saturated carbocycles. The van der Waals surface area contributed by atoms with Crippen LogP contribution in [0.15, 0.2) is 18.2 Å². The summed E-state index contributed by atoms with van der Waals surface area (Å²) >= 11 is 0. The number of amides is 2. The lowest BCUT2D eigenvalue weighted by molar-refractivity contribution is 0.197. The van der Waals surface area contributed by atoms with E-state index in [1.165, 1.54) is 5.56 Å². The van der Waals surface area contributed by atoms with Gasteiger partial charge in [0.15, 0.2) is 0 Å². The summed E-state index contributed by atoms with van der Waals surface area (Å²) in [6.07, 6.45) is 0. The molecule has 19 heavy (non-hydrogen) atoms. The molecular weight excluding hydrogens is 240 g/mol. The normalized spacial score (nSPS) is 19.2. The summed E-state index contributed by atoms with van der Waals surface area (Å²) in [6.45, 7) is 8.23. The molecule has 2 rings (SSSR count). The van der Waals surface area contributed by atoms with E-state index in [0.29, 0.717) is 6.61 Å². The molecule has 2 amide bonds. The second-order valence-corrected chi connectivity index (χ2v) is 4.91. The summed E-state index contributed by atoms with van der Waals surface area (Å²) < 4.78 is 5.55. The third-order valence-electron chi connectivity index (χ3n) is 3.70. The van der Waals surface area contributed by atoms with E-state index in [4.69, 9.17) is 4.74 Å². The van der Waals surface area contributed by atoms with Gasteiger partial charge in [-0.2, -0.15) is 0 Å². The molecule has 104 valence electrons. The van der Waals surface area contributed by atoms with Crippen molar-refractivity contribution in [2.45, 2.75) is 26.8 Å². The number of hydrogen-bond donors (Lipinski definition) is 0. The van der Waals surface area contributed by atoms with Crippen molar-refractivity contribution in [1.82, 2.24) is 9.80 Å². The first-order valence-electron chi connectivity index (χ1n) is 6.83. The highest BCUT2D eigenvalue weighted by Crippen LogP contribution is 2.30. The first-order chi connectivity index (χ1) is 9.08. The highest BCUT2D eigenvalue weighted by molar-refractivity contribution is 5.77. The smallest absolute Gasteiger partial charge is 0.320 e. The predicted octanol–water partition coefficient (Wildman–Crippen LogP) is 2.82. The zero-order chi connectivity index (χ0) is 14.0. The molecule has 0 bridgehead atoms. The van der Waals surface area contributed by atoms with Gasteiger partial charge in [-0.05, 0) is 38.0 Å². The second kappa shape index (κ2) is 5.51. The van der Waals surface area contributed by atoms with Crippen LogP contribution in [0.1, 0.15) is 31.0 Å². The molecule has 0 aromatic heterocycles. The molecule has 1 unspecified atom stereocenters. The zero-order valence-corrected chi connectivity index (χ0v) is 12.1. The number of carbonyl (C=O) groups is 1. The molecule has 1 fully saturated rings. The Kier molecular flexibility index (Phi) is 3.98. The summed E-state index contributed by atoms with van der Waals surface area (Å²) in [4.78, 5) is 15.7. The summed E-state index contributed by atoms with van der Waals surface area (Å²) in [6, 6.07) is 6.44. The van der Waals surface area contributed by atoms with E-state index in [-0.39, 0.29) is 12.1 Å². The molecule has 1 aliphatic rings. The van der Waals surface area contributed by atoms with Gasteiger partial charge in [0, 0.05) is 20.1 Å². The Morgan fingerprint density at radius 2 is 2.11 bits per heavy atom. The van der Waals surface area contributed by atoms with Crippen molar-refractivity contribution in [3.63, 3.8) is 0 Å². The van der Waals surface area contributed by atoms with Crippen LogP contribution in [0.3, 0.4) is 0 Å². The minimum absolute atomic E-state index is 0.110. The molecule has 1 heterocycles. The average molecular weight is 262 g/mol. The first-order valence-corrected chi connectivity index (χ1v) is 6.83. The van der Waals surface area contributed by atoms with Gasteiger partial charge in [-0.25, -0.2) is 4.79 Å². The van der Waals surface area contributed by atoms with Crippen LogP contribution in [0.2, 0.25) is 0 Å². The molecule has 0 aliphatic carbocycles. The third-order valence-corrected chi connectivity index (χ3v) is 3.70. The molecule has 0 N–H and O–H groups in total. The van der Waals surface area contributed by atoms with Crippen molar-refractivity contribution in [1.29, 1.82) is 0 Å². The Morgan fingerprint density at radius 3 is 2.63 bits per heavy atom. The molecule has 1 saturated heterocycles. The van der Waals surface area contributed by atoms with Crippen molar-refractivity contribution >= 4 is 6.03 Å². The molecule has 0 spiro atoms. The maximum Gasteiger partial charge on any atom is 0.320 e. The Hall–Kier alpha value is -1.71. The monoisotopic (exact) mass is 262 g/mol. The fourth-order valence-electron chi connectivity index (χ4n) is 2.56. The van der Waals surface area contributed by atoms with Crippen molar-refractivity contribution in [3.8, 4) is 5.75 Å². The highest BCUT2D eigenvalue weighted by atomic mass is 16.5. The summed E-state index contributed by atoms with van der Waals surface area (Å²) in [5.41, 5.74) is 2.29. The van der Waals surface area contributed by atoms with Gasteiger partial charge in [0.1, 0.15) is 5.75 Å². The van der Waals surface area contributed by atoms with Gasteiger partial charge < -0.3 is 14.5 Å². The fourth-order valence-corrected chi connectivity index (χ4v) is 2.56. The number of rotatable bonds is 4. The van der Waals surface area contributed by atoms with Crippen LogP contribution < -0.4 is 4.74 Å². The lowest BCUT2D eigenvalue weighted by atomic mass is 10.0. The van der Waals surface area contributed by atoms with E-state index in [2.05, 4.69) is 12.1 Å². The van der Waals surface area contributed by atoms with Crippen LogP contribution >= 0.6 is 0 Å². The maximum absolute atomic E-state index is 12.0. The molecule has 1 atom stereocenters. The van der Waals surface area contributed by atoms with E-state index < -0.39 is 0 Å². The second-order valence-electron chi connectivity index (χ2n) is 4.91. The molecule has 4 nitrogen and oxygen atoms in total. The number of likely N-dealkylation sites (N-methyl/N-ethyl adjacent to an activating group) is 2. The lowest BCUT2D eigenvalue weighted by Crippen LogP contribution is -2.29. The topological polar surface area (TPSA) is 32.8 Å². The van der Waals surface area contributed by atoms with E-state index in [0.717, 1.165) is 24.4 Å². The minimum Gasteiger partial charge on any atom is -0.494 e.